The summed E-state index contributed by atoms with van der Waals surface area (Å²) in [5.41, 5.74) is 1.35. The van der Waals surface area contributed by atoms with E-state index in [1.54, 1.807) is 7.11 Å². The Labute approximate surface area is 147 Å². The van der Waals surface area contributed by atoms with Crippen LogP contribution in [0.25, 0.3) is 0 Å². The molecule has 0 N–H and O–H groups in total. The first-order chi connectivity index (χ1) is 11.7. The quantitative estimate of drug-likeness (QED) is 0.776. The SMILES string of the molecule is COc1ccc([C@@H]2CCCN2Cn2nc(C3CC3)n(C)c2=S)cc1. The van der Waals surface area contributed by atoms with E-state index in [-0.39, 0.29) is 0 Å². The second-order valence-corrected chi connectivity index (χ2v) is 7.22. The fraction of sp³-hybridized carbons (Fsp3) is 0.556. The second-order valence-electron chi connectivity index (χ2n) is 6.86. The van der Waals surface area contributed by atoms with E-state index in [1.807, 2.05) is 23.9 Å². The van der Waals surface area contributed by atoms with Crippen molar-refractivity contribution in [3.8, 4) is 5.75 Å². The van der Waals surface area contributed by atoms with E-state index in [2.05, 4.69) is 21.6 Å². The number of hydrogen-bond acceptors (Lipinski definition) is 4. The molecule has 4 rings (SSSR count). The Balaban J connectivity index is 1.55. The van der Waals surface area contributed by atoms with Crippen LogP contribution in [0.15, 0.2) is 24.3 Å². The van der Waals surface area contributed by atoms with E-state index in [0.717, 1.165) is 29.6 Å². The van der Waals surface area contributed by atoms with Gasteiger partial charge in [-0.3, -0.25) is 4.90 Å². The third-order valence-corrected chi connectivity index (χ3v) is 5.68. The van der Waals surface area contributed by atoms with Gasteiger partial charge in [-0.2, -0.15) is 5.10 Å². The maximum Gasteiger partial charge on any atom is 0.198 e. The summed E-state index contributed by atoms with van der Waals surface area (Å²) in [4.78, 5) is 2.49. The predicted octanol–water partition coefficient (Wildman–Crippen LogP) is 3.63. The Morgan fingerprint density at radius 2 is 1.96 bits per heavy atom. The molecule has 2 aromatic rings. The lowest BCUT2D eigenvalue weighted by Crippen LogP contribution is -2.27. The van der Waals surface area contributed by atoms with Crippen molar-refractivity contribution in [2.24, 2.45) is 7.05 Å². The summed E-state index contributed by atoms with van der Waals surface area (Å²) in [5.74, 6) is 2.68. The molecule has 1 aliphatic heterocycles. The van der Waals surface area contributed by atoms with Gasteiger partial charge in [-0.15, -0.1) is 0 Å². The van der Waals surface area contributed by atoms with Crippen molar-refractivity contribution in [3.05, 3.63) is 40.4 Å². The molecule has 6 heteroatoms. The van der Waals surface area contributed by atoms with E-state index >= 15 is 0 Å². The van der Waals surface area contributed by atoms with E-state index < -0.39 is 0 Å². The van der Waals surface area contributed by atoms with Gasteiger partial charge in [0, 0.05) is 25.6 Å². The summed E-state index contributed by atoms with van der Waals surface area (Å²) in [6.07, 6.45) is 4.89. The molecule has 0 unspecified atom stereocenters. The highest BCUT2D eigenvalue weighted by Crippen LogP contribution is 2.39. The van der Waals surface area contributed by atoms with Crippen molar-refractivity contribution in [2.45, 2.75) is 44.3 Å². The topological polar surface area (TPSA) is 35.2 Å². The number of rotatable bonds is 5. The number of likely N-dealkylation sites (tertiary alicyclic amines) is 1. The van der Waals surface area contributed by atoms with Crippen molar-refractivity contribution in [1.82, 2.24) is 19.2 Å². The highest BCUT2D eigenvalue weighted by atomic mass is 32.1. The Morgan fingerprint density at radius 1 is 1.21 bits per heavy atom. The van der Waals surface area contributed by atoms with Crippen molar-refractivity contribution in [2.75, 3.05) is 13.7 Å². The van der Waals surface area contributed by atoms with Gasteiger partial charge in [-0.05, 0) is 55.6 Å². The van der Waals surface area contributed by atoms with Gasteiger partial charge in [-0.1, -0.05) is 12.1 Å². The Morgan fingerprint density at radius 3 is 2.62 bits per heavy atom. The van der Waals surface area contributed by atoms with Crippen molar-refractivity contribution in [3.63, 3.8) is 0 Å². The fourth-order valence-electron chi connectivity index (χ4n) is 3.66. The zero-order chi connectivity index (χ0) is 16.7. The van der Waals surface area contributed by atoms with E-state index in [0.29, 0.717) is 12.0 Å². The van der Waals surface area contributed by atoms with E-state index in [1.165, 1.54) is 31.2 Å². The summed E-state index contributed by atoms with van der Waals surface area (Å²) in [6.45, 7) is 1.86. The zero-order valence-corrected chi connectivity index (χ0v) is 15.1. The molecular weight excluding hydrogens is 320 g/mol. The third kappa shape index (κ3) is 2.89. The van der Waals surface area contributed by atoms with Gasteiger partial charge >= 0.3 is 0 Å². The minimum atomic E-state index is 0.434. The van der Waals surface area contributed by atoms with Gasteiger partial charge in [0.1, 0.15) is 11.6 Å². The summed E-state index contributed by atoms with van der Waals surface area (Å²) < 4.78 is 10.2. The molecule has 1 saturated heterocycles. The van der Waals surface area contributed by atoms with Crippen LogP contribution in [0.5, 0.6) is 5.75 Å². The Bertz CT molecular complexity index is 775. The molecular formula is C18H24N4OS. The lowest BCUT2D eigenvalue weighted by atomic mass is 10.0. The van der Waals surface area contributed by atoms with Gasteiger partial charge in [0.05, 0.1) is 13.8 Å². The van der Waals surface area contributed by atoms with Crippen LogP contribution in [-0.4, -0.2) is 32.9 Å². The van der Waals surface area contributed by atoms with Gasteiger partial charge < -0.3 is 9.30 Å². The van der Waals surface area contributed by atoms with Crippen LogP contribution in [0, 0.1) is 4.77 Å². The third-order valence-electron chi connectivity index (χ3n) is 5.20. The molecule has 1 aliphatic carbocycles. The zero-order valence-electron chi connectivity index (χ0n) is 14.3. The smallest absolute Gasteiger partial charge is 0.198 e. The molecule has 128 valence electrons. The molecule has 2 fully saturated rings. The molecule has 1 atom stereocenters. The molecule has 2 aliphatic rings. The Kier molecular flexibility index (Phi) is 4.18. The lowest BCUT2D eigenvalue weighted by molar-refractivity contribution is 0.189. The first kappa shape index (κ1) is 15.8. The molecule has 1 saturated carbocycles. The maximum atomic E-state index is 5.60. The number of ether oxygens (including phenoxy) is 1. The predicted molar refractivity (Wildman–Crippen MR) is 95.7 cm³/mol. The second kappa shape index (κ2) is 6.33. The number of hydrogen-bond donors (Lipinski definition) is 0. The molecule has 0 bridgehead atoms. The average molecular weight is 344 g/mol. The molecule has 0 spiro atoms. The van der Waals surface area contributed by atoms with Crippen molar-refractivity contribution >= 4 is 12.2 Å². The number of methoxy groups -OCH3 is 1. The molecule has 2 heterocycles. The molecule has 24 heavy (non-hydrogen) atoms. The highest BCUT2D eigenvalue weighted by molar-refractivity contribution is 7.71. The summed E-state index contributed by atoms with van der Waals surface area (Å²) in [5, 5.41) is 4.80. The van der Waals surface area contributed by atoms with Crippen LogP contribution in [0.3, 0.4) is 0 Å². The largest absolute Gasteiger partial charge is 0.497 e. The van der Waals surface area contributed by atoms with Crippen LogP contribution in [0.4, 0.5) is 0 Å². The molecule has 1 aromatic heterocycles. The maximum absolute atomic E-state index is 5.60. The standard InChI is InChI=1S/C18H24N4OS/c1-20-17(14-5-6-14)19-22(18(20)24)12-21-11-3-4-16(21)13-7-9-15(23-2)10-8-13/h7-10,14,16H,3-6,11-12H2,1-2H3/t16-/m0/s1. The van der Waals surface area contributed by atoms with E-state index in [4.69, 9.17) is 22.1 Å². The van der Waals surface area contributed by atoms with Crippen LogP contribution in [0.1, 0.15) is 49.0 Å². The van der Waals surface area contributed by atoms with Gasteiger partial charge in [0.15, 0.2) is 4.77 Å². The summed E-state index contributed by atoms with van der Waals surface area (Å²) >= 11 is 5.60. The van der Waals surface area contributed by atoms with Crippen LogP contribution in [0.2, 0.25) is 0 Å². The minimum Gasteiger partial charge on any atom is -0.497 e. The number of aromatic nitrogens is 3. The number of benzene rings is 1. The number of nitrogens with zero attached hydrogens (tertiary/aromatic N) is 4. The molecule has 1 aromatic carbocycles. The minimum absolute atomic E-state index is 0.434. The normalized spacial score (nSPS) is 21.3. The highest BCUT2D eigenvalue weighted by Gasteiger charge is 2.31. The first-order valence-corrected chi connectivity index (χ1v) is 9.10. The van der Waals surface area contributed by atoms with Crippen LogP contribution >= 0.6 is 12.2 Å². The average Bonchev–Trinajstić information content (AvgIpc) is 3.29. The van der Waals surface area contributed by atoms with Crippen molar-refractivity contribution in [1.29, 1.82) is 0 Å². The summed E-state index contributed by atoms with van der Waals surface area (Å²) in [6, 6.07) is 8.88. The Hall–Kier alpha value is -1.66. The molecule has 0 amide bonds. The van der Waals surface area contributed by atoms with Gasteiger partial charge in [0.25, 0.3) is 0 Å². The molecule has 5 nitrogen and oxygen atoms in total. The fourth-order valence-corrected chi connectivity index (χ4v) is 3.86. The van der Waals surface area contributed by atoms with Gasteiger partial charge in [0.2, 0.25) is 0 Å². The van der Waals surface area contributed by atoms with E-state index in [9.17, 15) is 0 Å². The van der Waals surface area contributed by atoms with Crippen LogP contribution < -0.4 is 4.74 Å². The van der Waals surface area contributed by atoms with Crippen molar-refractivity contribution < 1.29 is 4.74 Å². The first-order valence-electron chi connectivity index (χ1n) is 8.69. The monoisotopic (exact) mass is 344 g/mol. The molecule has 0 radical (unpaired) electrons. The van der Waals surface area contributed by atoms with Gasteiger partial charge in [-0.25, -0.2) is 4.68 Å². The van der Waals surface area contributed by atoms with Crippen LogP contribution in [-0.2, 0) is 13.7 Å². The summed E-state index contributed by atoms with van der Waals surface area (Å²) in [7, 11) is 3.75. The lowest BCUT2D eigenvalue weighted by Gasteiger charge is -2.24.